The fourth-order valence-corrected chi connectivity index (χ4v) is 4.55. The van der Waals surface area contributed by atoms with Gasteiger partial charge in [0.1, 0.15) is 18.0 Å². The van der Waals surface area contributed by atoms with Crippen LogP contribution < -0.4 is 10.1 Å². The molecule has 1 saturated heterocycles. The molecule has 2 aliphatic heterocycles. The highest BCUT2D eigenvalue weighted by molar-refractivity contribution is 5.94. The highest BCUT2D eigenvalue weighted by Gasteiger charge is 2.38. The first kappa shape index (κ1) is 22.2. The van der Waals surface area contributed by atoms with Crippen LogP contribution in [0.4, 0.5) is 5.69 Å². The molecule has 3 heterocycles. The van der Waals surface area contributed by atoms with Crippen molar-refractivity contribution in [1.82, 2.24) is 15.1 Å². The van der Waals surface area contributed by atoms with E-state index in [2.05, 4.69) is 15.5 Å². The van der Waals surface area contributed by atoms with E-state index in [-0.39, 0.29) is 11.8 Å². The van der Waals surface area contributed by atoms with Gasteiger partial charge in [-0.05, 0) is 37.0 Å². The summed E-state index contributed by atoms with van der Waals surface area (Å²) in [4.78, 5) is 26.4. The molecule has 2 N–H and O–H groups in total. The topological polar surface area (TPSA) is 96.6 Å². The average molecular weight is 461 g/mol. The van der Waals surface area contributed by atoms with Crippen LogP contribution in [0.15, 0.2) is 60.9 Å². The molecule has 3 aromatic rings. The van der Waals surface area contributed by atoms with Gasteiger partial charge in [-0.15, -0.1) is 0 Å². The van der Waals surface area contributed by atoms with E-state index in [1.165, 1.54) is 0 Å². The lowest BCUT2D eigenvalue weighted by atomic mass is 9.91. The molecule has 5 rings (SSSR count). The standard InChI is InChI=1S/C26H28N4O4/c31-24-10-9-21-22(29-24)7-4-8-23(21)33-18-26(34-17-19-5-2-1-3-6-19)11-13-30(14-12-26)25(32)20-15-27-28-16-20/h1-8,15-16H,9-14,17-18H2,(H,27,28)(H,29,31). The number of fused-ring (bicyclic) bond motifs is 1. The molecule has 0 bridgehead atoms. The molecule has 8 heteroatoms. The minimum absolute atomic E-state index is 0.0285. The predicted octanol–water partition coefficient (Wildman–Crippen LogP) is 3.57. The summed E-state index contributed by atoms with van der Waals surface area (Å²) in [6.45, 7) is 2.00. The van der Waals surface area contributed by atoms with Crippen molar-refractivity contribution in [3.63, 3.8) is 0 Å². The van der Waals surface area contributed by atoms with Gasteiger partial charge in [0.15, 0.2) is 0 Å². The number of carbonyl (C=O) groups is 2. The van der Waals surface area contributed by atoms with Crippen molar-refractivity contribution < 1.29 is 19.1 Å². The van der Waals surface area contributed by atoms with Crippen LogP contribution in [-0.4, -0.2) is 52.2 Å². The van der Waals surface area contributed by atoms with Crippen molar-refractivity contribution in [3.8, 4) is 5.75 Å². The molecule has 2 aliphatic rings. The minimum Gasteiger partial charge on any atom is -0.490 e. The molecule has 0 saturated carbocycles. The number of piperidine rings is 1. The summed E-state index contributed by atoms with van der Waals surface area (Å²) >= 11 is 0. The molecule has 2 amide bonds. The molecule has 0 radical (unpaired) electrons. The Bertz CT molecular complexity index is 1140. The zero-order chi connectivity index (χ0) is 23.4. The van der Waals surface area contributed by atoms with E-state index in [1.807, 2.05) is 53.4 Å². The van der Waals surface area contributed by atoms with Gasteiger partial charge in [0, 0.05) is 37.0 Å². The van der Waals surface area contributed by atoms with Crippen molar-refractivity contribution in [3.05, 3.63) is 77.6 Å². The molecule has 34 heavy (non-hydrogen) atoms. The first-order valence-electron chi connectivity index (χ1n) is 11.6. The third kappa shape index (κ3) is 4.82. The average Bonchev–Trinajstić information content (AvgIpc) is 3.42. The van der Waals surface area contributed by atoms with Crippen LogP contribution in [0.5, 0.6) is 5.75 Å². The zero-order valence-electron chi connectivity index (χ0n) is 19.0. The number of likely N-dealkylation sites (tertiary alicyclic amines) is 1. The van der Waals surface area contributed by atoms with E-state index in [1.54, 1.807) is 12.4 Å². The van der Waals surface area contributed by atoms with Gasteiger partial charge in [-0.3, -0.25) is 14.7 Å². The minimum atomic E-state index is -0.524. The van der Waals surface area contributed by atoms with Crippen molar-refractivity contribution in [1.29, 1.82) is 0 Å². The maximum absolute atomic E-state index is 12.8. The van der Waals surface area contributed by atoms with E-state index in [0.717, 1.165) is 22.6 Å². The molecule has 0 aliphatic carbocycles. The number of hydrogen-bond acceptors (Lipinski definition) is 5. The number of ether oxygens (including phenoxy) is 2. The van der Waals surface area contributed by atoms with Gasteiger partial charge < -0.3 is 19.7 Å². The molecule has 0 unspecified atom stereocenters. The van der Waals surface area contributed by atoms with Crippen LogP contribution in [0.1, 0.15) is 40.7 Å². The smallest absolute Gasteiger partial charge is 0.257 e. The van der Waals surface area contributed by atoms with Gasteiger partial charge in [0.25, 0.3) is 5.91 Å². The molecule has 8 nitrogen and oxygen atoms in total. The Kier molecular flexibility index (Phi) is 6.31. The second-order valence-electron chi connectivity index (χ2n) is 8.86. The first-order valence-corrected chi connectivity index (χ1v) is 11.6. The third-order valence-corrected chi connectivity index (χ3v) is 6.59. The van der Waals surface area contributed by atoms with Crippen LogP contribution in [0, 0.1) is 0 Å². The number of amides is 2. The van der Waals surface area contributed by atoms with Gasteiger partial charge in [0.05, 0.1) is 18.4 Å². The molecular formula is C26H28N4O4. The number of nitrogens with zero attached hydrogens (tertiary/aromatic N) is 2. The number of hydrogen-bond donors (Lipinski definition) is 2. The Hall–Kier alpha value is -3.65. The lowest BCUT2D eigenvalue weighted by Gasteiger charge is -2.41. The lowest BCUT2D eigenvalue weighted by molar-refractivity contribution is -0.116. The summed E-state index contributed by atoms with van der Waals surface area (Å²) in [5, 5.41) is 9.52. The van der Waals surface area contributed by atoms with Gasteiger partial charge >= 0.3 is 0 Å². The number of carbonyl (C=O) groups excluding carboxylic acids is 2. The highest BCUT2D eigenvalue weighted by atomic mass is 16.5. The fourth-order valence-electron chi connectivity index (χ4n) is 4.55. The number of nitrogens with one attached hydrogen (secondary N) is 2. The summed E-state index contributed by atoms with van der Waals surface area (Å²) in [5.41, 5.74) is 2.97. The third-order valence-electron chi connectivity index (χ3n) is 6.59. The second kappa shape index (κ2) is 9.69. The van der Waals surface area contributed by atoms with Crippen molar-refractivity contribution in [2.75, 3.05) is 25.0 Å². The SMILES string of the molecule is O=C1CCc2c(cccc2OCC2(OCc3ccccc3)CCN(C(=O)c3cn[nH]c3)CC2)N1. The number of aromatic nitrogens is 2. The highest BCUT2D eigenvalue weighted by Crippen LogP contribution is 2.34. The van der Waals surface area contributed by atoms with Crippen LogP contribution >= 0.6 is 0 Å². The van der Waals surface area contributed by atoms with Crippen LogP contribution in [0.2, 0.25) is 0 Å². The van der Waals surface area contributed by atoms with E-state index in [4.69, 9.17) is 9.47 Å². The van der Waals surface area contributed by atoms with E-state index in [9.17, 15) is 9.59 Å². The quantitative estimate of drug-likeness (QED) is 0.562. The lowest BCUT2D eigenvalue weighted by Crippen LogP contribution is -2.51. The van der Waals surface area contributed by atoms with Crippen molar-refractivity contribution in [2.45, 2.75) is 37.9 Å². The largest absolute Gasteiger partial charge is 0.490 e. The molecule has 1 fully saturated rings. The Labute approximate surface area is 198 Å². The van der Waals surface area contributed by atoms with Crippen LogP contribution in [-0.2, 0) is 22.6 Å². The summed E-state index contributed by atoms with van der Waals surface area (Å²) in [7, 11) is 0. The van der Waals surface area contributed by atoms with Gasteiger partial charge in [0.2, 0.25) is 5.91 Å². The van der Waals surface area contributed by atoms with Crippen molar-refractivity contribution >= 4 is 17.5 Å². The molecule has 0 spiro atoms. The summed E-state index contributed by atoms with van der Waals surface area (Å²) in [5.74, 6) is 0.776. The number of benzene rings is 2. The Morgan fingerprint density at radius 2 is 1.88 bits per heavy atom. The van der Waals surface area contributed by atoms with Crippen LogP contribution in [0.3, 0.4) is 0 Å². The predicted molar refractivity (Wildman–Crippen MR) is 127 cm³/mol. The van der Waals surface area contributed by atoms with Crippen molar-refractivity contribution in [2.24, 2.45) is 0 Å². The summed E-state index contributed by atoms with van der Waals surface area (Å²) in [6.07, 6.45) is 5.60. The summed E-state index contributed by atoms with van der Waals surface area (Å²) in [6, 6.07) is 15.8. The monoisotopic (exact) mass is 460 g/mol. The number of rotatable bonds is 7. The first-order chi connectivity index (χ1) is 16.6. The maximum atomic E-state index is 12.8. The second-order valence-corrected chi connectivity index (χ2v) is 8.86. The number of anilines is 1. The molecule has 1 aromatic heterocycles. The molecule has 2 aromatic carbocycles. The maximum Gasteiger partial charge on any atom is 0.257 e. The van der Waals surface area contributed by atoms with Gasteiger partial charge in [-0.2, -0.15) is 5.10 Å². The van der Waals surface area contributed by atoms with Gasteiger partial charge in [-0.25, -0.2) is 0 Å². The number of H-pyrrole nitrogens is 1. The van der Waals surface area contributed by atoms with Gasteiger partial charge in [-0.1, -0.05) is 36.4 Å². The Balaban J connectivity index is 1.30. The Morgan fingerprint density at radius 1 is 1.06 bits per heavy atom. The normalized spacial score (nSPS) is 17.1. The van der Waals surface area contributed by atoms with E-state index in [0.29, 0.717) is 57.6 Å². The number of aromatic amines is 1. The molecule has 176 valence electrons. The Morgan fingerprint density at radius 3 is 2.65 bits per heavy atom. The van der Waals surface area contributed by atoms with E-state index >= 15 is 0 Å². The van der Waals surface area contributed by atoms with E-state index < -0.39 is 5.60 Å². The molecule has 0 atom stereocenters. The van der Waals surface area contributed by atoms with Crippen LogP contribution in [0.25, 0.3) is 0 Å². The molecular weight excluding hydrogens is 432 g/mol. The fraction of sp³-hybridized carbons (Fsp3) is 0.346. The summed E-state index contributed by atoms with van der Waals surface area (Å²) < 4.78 is 12.9. The zero-order valence-corrected chi connectivity index (χ0v) is 19.0.